The molecule has 0 saturated heterocycles. The zero-order valence-electron chi connectivity index (χ0n) is 15.3. The van der Waals surface area contributed by atoms with Crippen LogP contribution in [-0.2, 0) is 9.47 Å². The lowest BCUT2D eigenvalue weighted by atomic mass is 10.1. The van der Waals surface area contributed by atoms with E-state index in [2.05, 4.69) is 0 Å². The predicted octanol–water partition coefficient (Wildman–Crippen LogP) is 0.604. The van der Waals surface area contributed by atoms with E-state index in [-0.39, 0.29) is 81.2 Å². The summed E-state index contributed by atoms with van der Waals surface area (Å²) >= 11 is 0. The van der Waals surface area contributed by atoms with Crippen molar-refractivity contribution in [2.24, 2.45) is 0 Å². The smallest absolute Gasteiger partial charge is 0.180 e. The predicted molar refractivity (Wildman–Crippen MR) is 93.8 cm³/mol. The average molecular weight is 380 g/mol. The molecule has 0 fully saturated rings. The van der Waals surface area contributed by atoms with Crippen molar-refractivity contribution in [3.8, 4) is 29.4 Å². The molecule has 0 aromatic heterocycles. The zero-order valence-corrected chi connectivity index (χ0v) is 15.3. The molecular formula is C18H24N2O7. The molecule has 9 nitrogen and oxygen atoms in total. The summed E-state index contributed by atoms with van der Waals surface area (Å²) in [6.45, 7) is 2.97. The van der Waals surface area contributed by atoms with Gasteiger partial charge in [0, 0.05) is 6.07 Å². The van der Waals surface area contributed by atoms with Crippen LogP contribution in [0.15, 0.2) is 6.07 Å². The van der Waals surface area contributed by atoms with Crippen molar-refractivity contribution < 1.29 is 33.9 Å². The number of hydrogen-bond donors (Lipinski definition) is 2. The molecule has 1 rings (SSSR count). The molecule has 0 aliphatic rings. The lowest BCUT2D eigenvalue weighted by Gasteiger charge is -2.17. The minimum absolute atomic E-state index is 0.0110. The molecule has 0 amide bonds. The number of rotatable bonds is 14. The second-order valence-corrected chi connectivity index (χ2v) is 4.98. The highest BCUT2D eigenvalue weighted by Crippen LogP contribution is 2.39. The summed E-state index contributed by atoms with van der Waals surface area (Å²) < 4.78 is 26.9. The van der Waals surface area contributed by atoms with Crippen molar-refractivity contribution in [2.75, 3.05) is 59.5 Å². The van der Waals surface area contributed by atoms with Gasteiger partial charge < -0.3 is 33.9 Å². The summed E-state index contributed by atoms with van der Waals surface area (Å²) in [7, 11) is 0. The molecule has 0 saturated carbocycles. The highest BCUT2D eigenvalue weighted by atomic mass is 16.5. The van der Waals surface area contributed by atoms with Crippen molar-refractivity contribution >= 4 is 0 Å². The Bertz CT molecular complexity index is 653. The van der Waals surface area contributed by atoms with E-state index in [1.807, 2.05) is 12.1 Å². The summed E-state index contributed by atoms with van der Waals surface area (Å²) in [6, 6.07) is 5.42. The van der Waals surface area contributed by atoms with Gasteiger partial charge in [0.15, 0.2) is 11.5 Å². The number of benzene rings is 1. The lowest BCUT2D eigenvalue weighted by Crippen LogP contribution is -2.13. The highest BCUT2D eigenvalue weighted by molar-refractivity contribution is 5.66. The Hall–Kier alpha value is -2.56. The Kier molecular flexibility index (Phi) is 11.3. The van der Waals surface area contributed by atoms with Crippen molar-refractivity contribution in [3.05, 3.63) is 17.2 Å². The number of hydrogen-bond acceptors (Lipinski definition) is 9. The molecule has 0 radical (unpaired) electrons. The van der Waals surface area contributed by atoms with E-state index >= 15 is 0 Å². The highest BCUT2D eigenvalue weighted by Gasteiger charge is 2.21. The van der Waals surface area contributed by atoms with Crippen molar-refractivity contribution in [1.29, 1.82) is 10.5 Å². The molecule has 0 aliphatic heterocycles. The van der Waals surface area contributed by atoms with Gasteiger partial charge in [-0.25, -0.2) is 0 Å². The van der Waals surface area contributed by atoms with E-state index in [1.165, 1.54) is 6.07 Å². The second-order valence-electron chi connectivity index (χ2n) is 4.98. The first-order valence-electron chi connectivity index (χ1n) is 8.50. The van der Waals surface area contributed by atoms with Crippen LogP contribution < -0.4 is 14.2 Å². The van der Waals surface area contributed by atoms with Crippen molar-refractivity contribution in [3.63, 3.8) is 0 Å². The minimum Gasteiger partial charge on any atom is -0.490 e. The third kappa shape index (κ3) is 7.29. The first-order chi connectivity index (χ1) is 13.2. The molecule has 148 valence electrons. The van der Waals surface area contributed by atoms with Crippen LogP contribution in [0.25, 0.3) is 0 Å². The van der Waals surface area contributed by atoms with Crippen LogP contribution in [-0.4, -0.2) is 69.7 Å². The fraction of sp³-hybridized carbons (Fsp3) is 0.556. The standard InChI is InChI=1S/C18H24N2O7/c1-2-25-17-11-16(26-9-7-23-5-3-21)14(12-19)15(13-20)18(17)27-10-8-24-6-4-22/h11,21-22H,2-10H2,1H3. The average Bonchev–Trinajstić information content (AvgIpc) is 2.68. The molecule has 1 aromatic carbocycles. The fourth-order valence-corrected chi connectivity index (χ4v) is 2.10. The number of aliphatic hydroxyl groups is 2. The molecule has 0 bridgehead atoms. The van der Waals surface area contributed by atoms with Gasteiger partial charge in [0.1, 0.15) is 42.2 Å². The topological polar surface area (TPSA) is 134 Å². The van der Waals surface area contributed by atoms with Crippen LogP contribution in [0.2, 0.25) is 0 Å². The Morgan fingerprint density at radius 3 is 1.89 bits per heavy atom. The van der Waals surface area contributed by atoms with E-state index in [0.29, 0.717) is 6.61 Å². The number of aliphatic hydroxyl groups excluding tert-OH is 2. The van der Waals surface area contributed by atoms with Crippen LogP contribution >= 0.6 is 0 Å². The summed E-state index contributed by atoms with van der Waals surface area (Å²) in [6.07, 6.45) is 0. The Morgan fingerprint density at radius 2 is 1.37 bits per heavy atom. The quantitative estimate of drug-likeness (QED) is 0.445. The first-order valence-corrected chi connectivity index (χ1v) is 8.50. The number of ether oxygens (including phenoxy) is 5. The molecule has 0 atom stereocenters. The second kappa shape index (κ2) is 13.6. The van der Waals surface area contributed by atoms with Gasteiger partial charge in [0.05, 0.1) is 46.2 Å². The Morgan fingerprint density at radius 1 is 0.778 bits per heavy atom. The normalized spacial score (nSPS) is 10.1. The molecule has 0 aliphatic carbocycles. The van der Waals surface area contributed by atoms with E-state index < -0.39 is 0 Å². The van der Waals surface area contributed by atoms with E-state index in [0.717, 1.165) is 0 Å². The molecule has 1 aromatic rings. The third-order valence-electron chi connectivity index (χ3n) is 3.16. The summed E-state index contributed by atoms with van der Waals surface area (Å²) in [5, 5.41) is 36.4. The number of nitriles is 2. The third-order valence-corrected chi connectivity index (χ3v) is 3.16. The Labute approximate surface area is 158 Å². The van der Waals surface area contributed by atoms with Gasteiger partial charge >= 0.3 is 0 Å². The zero-order chi connectivity index (χ0) is 19.9. The molecule has 0 heterocycles. The van der Waals surface area contributed by atoms with Crippen molar-refractivity contribution in [2.45, 2.75) is 6.92 Å². The summed E-state index contributed by atoms with van der Waals surface area (Å²) in [5.74, 6) is 0.614. The summed E-state index contributed by atoms with van der Waals surface area (Å²) in [4.78, 5) is 0. The largest absolute Gasteiger partial charge is 0.490 e. The van der Waals surface area contributed by atoms with Crippen LogP contribution in [0.5, 0.6) is 17.2 Å². The van der Waals surface area contributed by atoms with Gasteiger partial charge in [-0.15, -0.1) is 0 Å². The minimum atomic E-state index is -0.0969. The van der Waals surface area contributed by atoms with E-state index in [1.54, 1.807) is 6.92 Å². The molecule has 2 N–H and O–H groups in total. The number of nitrogens with zero attached hydrogens (tertiary/aromatic N) is 2. The Balaban J connectivity index is 3.01. The molecule has 0 spiro atoms. The lowest BCUT2D eigenvalue weighted by molar-refractivity contribution is 0.0689. The van der Waals surface area contributed by atoms with E-state index in [9.17, 15) is 10.5 Å². The maximum absolute atomic E-state index is 9.52. The SMILES string of the molecule is CCOc1cc(OCCOCCO)c(C#N)c(C#N)c1OCCOCCO. The molecular weight excluding hydrogens is 356 g/mol. The van der Waals surface area contributed by atoms with Crippen LogP contribution in [0.3, 0.4) is 0 Å². The molecule has 0 unspecified atom stereocenters. The first kappa shape index (κ1) is 22.5. The van der Waals surface area contributed by atoms with Gasteiger partial charge in [0.25, 0.3) is 0 Å². The van der Waals surface area contributed by atoms with Crippen LogP contribution in [0.4, 0.5) is 0 Å². The maximum atomic E-state index is 9.52. The monoisotopic (exact) mass is 380 g/mol. The van der Waals surface area contributed by atoms with Gasteiger partial charge in [-0.3, -0.25) is 0 Å². The van der Waals surface area contributed by atoms with Gasteiger partial charge in [-0.1, -0.05) is 0 Å². The molecule has 9 heteroatoms. The van der Waals surface area contributed by atoms with Crippen LogP contribution in [0, 0.1) is 22.7 Å². The molecule has 27 heavy (non-hydrogen) atoms. The van der Waals surface area contributed by atoms with Gasteiger partial charge in [0.2, 0.25) is 0 Å². The van der Waals surface area contributed by atoms with Crippen LogP contribution in [0.1, 0.15) is 18.1 Å². The summed E-state index contributed by atoms with van der Waals surface area (Å²) in [5.41, 5.74) is 0.0475. The van der Waals surface area contributed by atoms with Gasteiger partial charge in [-0.2, -0.15) is 10.5 Å². The maximum Gasteiger partial charge on any atom is 0.180 e. The van der Waals surface area contributed by atoms with E-state index in [4.69, 9.17) is 33.9 Å². The van der Waals surface area contributed by atoms with Gasteiger partial charge in [-0.05, 0) is 6.92 Å². The van der Waals surface area contributed by atoms with Crippen molar-refractivity contribution in [1.82, 2.24) is 0 Å². The fourth-order valence-electron chi connectivity index (χ4n) is 2.10.